The van der Waals surface area contributed by atoms with Gasteiger partial charge in [-0.1, -0.05) is 0 Å². The summed E-state index contributed by atoms with van der Waals surface area (Å²) >= 11 is 0. The van der Waals surface area contributed by atoms with Gasteiger partial charge < -0.3 is 10.6 Å². The molecule has 2 N–H and O–H groups in total. The quantitative estimate of drug-likeness (QED) is 0.856. The van der Waals surface area contributed by atoms with Crippen molar-refractivity contribution in [2.24, 2.45) is 7.05 Å². The van der Waals surface area contributed by atoms with Crippen LogP contribution in [-0.2, 0) is 7.05 Å². The molecule has 0 atom stereocenters. The van der Waals surface area contributed by atoms with Crippen molar-refractivity contribution in [2.45, 2.75) is 6.92 Å². The number of aromatic nitrogens is 3. The van der Waals surface area contributed by atoms with Crippen molar-refractivity contribution in [1.29, 1.82) is 0 Å². The third-order valence-electron chi connectivity index (χ3n) is 2.50. The summed E-state index contributed by atoms with van der Waals surface area (Å²) in [6.07, 6.45) is 4.83. The van der Waals surface area contributed by atoms with Crippen LogP contribution in [0.25, 0.3) is 0 Å². The van der Waals surface area contributed by atoms with E-state index < -0.39 is 0 Å². The molecule has 0 fully saturated rings. The minimum atomic E-state index is -0.206. The molecule has 0 saturated carbocycles. The molecule has 6 heteroatoms. The van der Waals surface area contributed by atoms with E-state index in [0.29, 0.717) is 11.4 Å². The molecule has 2 heterocycles. The van der Waals surface area contributed by atoms with Crippen molar-refractivity contribution >= 4 is 17.4 Å². The van der Waals surface area contributed by atoms with Crippen molar-refractivity contribution in [1.82, 2.24) is 14.8 Å². The summed E-state index contributed by atoms with van der Waals surface area (Å²) < 4.78 is 1.60. The first-order valence-corrected chi connectivity index (χ1v) is 5.69. The highest BCUT2D eigenvalue weighted by molar-refractivity contribution is 6.07. The summed E-state index contributed by atoms with van der Waals surface area (Å²) in [6.45, 7) is 2.72. The van der Waals surface area contributed by atoms with Crippen LogP contribution in [0.4, 0.5) is 11.5 Å². The lowest BCUT2D eigenvalue weighted by molar-refractivity contribution is 0.102. The van der Waals surface area contributed by atoms with Crippen molar-refractivity contribution in [3.63, 3.8) is 0 Å². The second-order valence-electron chi connectivity index (χ2n) is 3.75. The van der Waals surface area contributed by atoms with E-state index in [4.69, 9.17) is 0 Å². The van der Waals surface area contributed by atoms with Gasteiger partial charge in [-0.2, -0.15) is 5.10 Å². The Hall–Kier alpha value is -2.37. The number of amides is 1. The molecule has 0 saturated heterocycles. The molecule has 2 aromatic rings. The summed E-state index contributed by atoms with van der Waals surface area (Å²) in [5.74, 6) is 0.439. The Labute approximate surface area is 105 Å². The lowest BCUT2D eigenvalue weighted by Gasteiger charge is -2.10. The number of nitrogens with one attached hydrogen (secondary N) is 2. The Balaban J connectivity index is 2.21. The number of anilines is 2. The van der Waals surface area contributed by atoms with Crippen LogP contribution in [-0.4, -0.2) is 27.2 Å². The Morgan fingerprint density at radius 2 is 2.22 bits per heavy atom. The normalized spacial score (nSPS) is 10.1. The van der Waals surface area contributed by atoms with Crippen LogP contribution >= 0.6 is 0 Å². The largest absolute Gasteiger partial charge is 0.385 e. The molecule has 0 aliphatic carbocycles. The highest BCUT2D eigenvalue weighted by Crippen LogP contribution is 2.15. The average molecular weight is 245 g/mol. The molecule has 1 amide bonds. The van der Waals surface area contributed by atoms with Crippen molar-refractivity contribution in [2.75, 3.05) is 17.2 Å². The van der Waals surface area contributed by atoms with Crippen molar-refractivity contribution < 1.29 is 4.79 Å². The van der Waals surface area contributed by atoms with E-state index in [1.807, 2.05) is 6.92 Å². The topological polar surface area (TPSA) is 71.8 Å². The maximum atomic E-state index is 12.1. The Bertz CT molecular complexity index is 549. The number of hydrogen-bond acceptors (Lipinski definition) is 4. The SMILES string of the molecule is CCNc1ccncc1C(=O)Nc1ccnn1C. The summed E-state index contributed by atoms with van der Waals surface area (Å²) in [7, 11) is 1.77. The zero-order valence-corrected chi connectivity index (χ0v) is 10.3. The van der Waals surface area contributed by atoms with Gasteiger partial charge in [0.15, 0.2) is 0 Å². The van der Waals surface area contributed by atoms with Crippen molar-refractivity contribution in [3.05, 3.63) is 36.3 Å². The van der Waals surface area contributed by atoms with Gasteiger partial charge in [-0.15, -0.1) is 0 Å². The van der Waals surface area contributed by atoms with E-state index in [1.165, 1.54) is 0 Å². The number of rotatable bonds is 4. The molecule has 0 spiro atoms. The number of pyridine rings is 1. The van der Waals surface area contributed by atoms with E-state index in [-0.39, 0.29) is 5.91 Å². The Morgan fingerprint density at radius 3 is 2.89 bits per heavy atom. The molecular weight excluding hydrogens is 230 g/mol. The summed E-state index contributed by atoms with van der Waals surface area (Å²) in [5, 5.41) is 9.91. The van der Waals surface area contributed by atoms with E-state index in [0.717, 1.165) is 12.2 Å². The van der Waals surface area contributed by atoms with Crippen LogP contribution in [0.15, 0.2) is 30.7 Å². The number of carbonyl (C=O) groups is 1. The van der Waals surface area contributed by atoms with Gasteiger partial charge in [0.05, 0.1) is 17.4 Å². The number of carbonyl (C=O) groups excluding carboxylic acids is 1. The first-order chi connectivity index (χ1) is 8.72. The van der Waals surface area contributed by atoms with Gasteiger partial charge in [-0.05, 0) is 13.0 Å². The van der Waals surface area contributed by atoms with E-state index in [9.17, 15) is 4.79 Å². The van der Waals surface area contributed by atoms with Crippen molar-refractivity contribution in [3.8, 4) is 0 Å². The molecule has 0 radical (unpaired) electrons. The zero-order chi connectivity index (χ0) is 13.0. The fraction of sp³-hybridized carbons (Fsp3) is 0.250. The van der Waals surface area contributed by atoms with Crippen LogP contribution in [0, 0.1) is 0 Å². The first kappa shape index (κ1) is 12.1. The van der Waals surface area contributed by atoms with Crippen LogP contribution in [0.2, 0.25) is 0 Å². The Morgan fingerprint density at radius 1 is 1.39 bits per heavy atom. The Kier molecular flexibility index (Phi) is 3.57. The van der Waals surface area contributed by atoms with Crippen LogP contribution in [0.5, 0.6) is 0 Å². The fourth-order valence-corrected chi connectivity index (χ4v) is 1.60. The summed E-state index contributed by atoms with van der Waals surface area (Å²) in [4.78, 5) is 16.1. The molecule has 0 aliphatic rings. The molecule has 18 heavy (non-hydrogen) atoms. The zero-order valence-electron chi connectivity index (χ0n) is 10.3. The minimum absolute atomic E-state index is 0.206. The third-order valence-corrected chi connectivity index (χ3v) is 2.50. The standard InChI is InChI=1S/C12H15N5O/c1-3-14-10-4-6-13-8-9(10)12(18)16-11-5-7-15-17(11)2/h4-8H,3H2,1-2H3,(H,13,14)(H,16,18). The van der Waals surface area contributed by atoms with Gasteiger partial charge in [0.1, 0.15) is 5.82 Å². The van der Waals surface area contributed by atoms with Gasteiger partial charge in [0.25, 0.3) is 5.91 Å². The molecule has 6 nitrogen and oxygen atoms in total. The monoisotopic (exact) mass is 245 g/mol. The maximum absolute atomic E-state index is 12.1. The summed E-state index contributed by atoms with van der Waals surface area (Å²) in [5.41, 5.74) is 1.28. The van der Waals surface area contributed by atoms with E-state index >= 15 is 0 Å². The molecule has 0 aliphatic heterocycles. The van der Waals surface area contributed by atoms with Gasteiger partial charge in [0, 0.05) is 32.1 Å². The van der Waals surface area contributed by atoms with Gasteiger partial charge in [-0.3, -0.25) is 14.5 Å². The molecular formula is C12H15N5O. The second kappa shape index (κ2) is 5.31. The molecule has 2 aromatic heterocycles. The maximum Gasteiger partial charge on any atom is 0.260 e. The smallest absolute Gasteiger partial charge is 0.260 e. The predicted molar refractivity (Wildman–Crippen MR) is 69.6 cm³/mol. The molecule has 94 valence electrons. The number of hydrogen-bond donors (Lipinski definition) is 2. The summed E-state index contributed by atoms with van der Waals surface area (Å²) in [6, 6.07) is 3.52. The fourth-order valence-electron chi connectivity index (χ4n) is 1.60. The third kappa shape index (κ3) is 2.48. The highest BCUT2D eigenvalue weighted by atomic mass is 16.1. The minimum Gasteiger partial charge on any atom is -0.385 e. The lowest BCUT2D eigenvalue weighted by Crippen LogP contribution is -2.17. The highest BCUT2D eigenvalue weighted by Gasteiger charge is 2.12. The van der Waals surface area contributed by atoms with E-state index in [1.54, 1.807) is 42.5 Å². The molecule has 0 unspecified atom stereocenters. The van der Waals surface area contributed by atoms with Crippen LogP contribution < -0.4 is 10.6 Å². The lowest BCUT2D eigenvalue weighted by atomic mass is 10.2. The number of aryl methyl sites for hydroxylation is 1. The first-order valence-electron chi connectivity index (χ1n) is 5.69. The predicted octanol–water partition coefficient (Wildman–Crippen LogP) is 1.50. The van der Waals surface area contributed by atoms with Gasteiger partial charge in [0.2, 0.25) is 0 Å². The number of nitrogens with zero attached hydrogens (tertiary/aromatic N) is 3. The average Bonchev–Trinajstić information content (AvgIpc) is 2.76. The van der Waals surface area contributed by atoms with Crippen LogP contribution in [0.3, 0.4) is 0 Å². The second-order valence-corrected chi connectivity index (χ2v) is 3.75. The van der Waals surface area contributed by atoms with Crippen LogP contribution in [0.1, 0.15) is 17.3 Å². The molecule has 0 bridgehead atoms. The van der Waals surface area contributed by atoms with Gasteiger partial charge in [-0.25, -0.2) is 0 Å². The van der Waals surface area contributed by atoms with Gasteiger partial charge >= 0.3 is 0 Å². The molecule has 0 aromatic carbocycles. The molecule has 2 rings (SSSR count). The van der Waals surface area contributed by atoms with E-state index in [2.05, 4.69) is 20.7 Å².